The van der Waals surface area contributed by atoms with Gasteiger partial charge in [-0.25, -0.2) is 4.98 Å². The largest absolute Gasteiger partial charge is 0.336 e. The first-order chi connectivity index (χ1) is 9.79. The van der Waals surface area contributed by atoms with Crippen molar-refractivity contribution in [2.24, 2.45) is 0 Å². The number of aryl methyl sites for hydroxylation is 1. The van der Waals surface area contributed by atoms with Crippen LogP contribution in [0.15, 0.2) is 5.51 Å². The van der Waals surface area contributed by atoms with Gasteiger partial charge in [0.25, 0.3) is 5.91 Å². The molecule has 2 saturated heterocycles. The fourth-order valence-corrected chi connectivity index (χ4v) is 3.96. The number of aromatic nitrogens is 1. The van der Waals surface area contributed by atoms with Crippen LogP contribution in [0.1, 0.15) is 28.7 Å². The fraction of sp³-hybridized carbons (Fsp3) is 0.714. The number of nitrogens with one attached hydrogen (secondary N) is 1. The molecule has 0 radical (unpaired) electrons. The molecule has 21 heavy (non-hydrogen) atoms. The average Bonchev–Trinajstić information content (AvgIpc) is 3.16. The van der Waals surface area contributed by atoms with Crippen molar-refractivity contribution in [1.29, 1.82) is 0 Å². The Morgan fingerprint density at radius 3 is 2.90 bits per heavy atom. The molecule has 0 saturated carbocycles. The van der Waals surface area contributed by atoms with Gasteiger partial charge in [0.05, 0.1) is 11.2 Å². The summed E-state index contributed by atoms with van der Waals surface area (Å²) in [7, 11) is 0. The monoisotopic (exact) mass is 330 g/mol. The lowest BCUT2D eigenvalue weighted by atomic mass is 10.2. The molecule has 118 valence electrons. The molecule has 0 aromatic carbocycles. The molecule has 1 unspecified atom stereocenters. The molecule has 0 spiro atoms. The molecule has 3 heterocycles. The SMILES string of the molecule is CCc1ncsc1C(=O)N1CCC(N2CCNCC2)C1.Cl. The second-order valence-corrected chi connectivity index (χ2v) is 6.32. The zero-order valence-corrected chi connectivity index (χ0v) is 14.0. The predicted molar refractivity (Wildman–Crippen MR) is 87.5 cm³/mol. The highest BCUT2D eigenvalue weighted by atomic mass is 35.5. The van der Waals surface area contributed by atoms with Gasteiger partial charge in [-0.2, -0.15) is 0 Å². The van der Waals surface area contributed by atoms with Crippen molar-refractivity contribution < 1.29 is 4.79 Å². The maximum atomic E-state index is 12.6. The minimum Gasteiger partial charge on any atom is -0.336 e. The predicted octanol–water partition coefficient (Wildman–Crippen LogP) is 1.25. The number of hydrogen-bond donors (Lipinski definition) is 1. The topological polar surface area (TPSA) is 48.5 Å². The summed E-state index contributed by atoms with van der Waals surface area (Å²) in [5, 5.41) is 3.38. The maximum Gasteiger partial charge on any atom is 0.265 e. The number of piperazine rings is 1. The van der Waals surface area contributed by atoms with Crippen LogP contribution in [0.4, 0.5) is 0 Å². The summed E-state index contributed by atoms with van der Waals surface area (Å²) in [5.74, 6) is 0.182. The normalized spacial score (nSPS) is 23.1. The number of carbonyl (C=O) groups is 1. The molecular weight excluding hydrogens is 308 g/mol. The van der Waals surface area contributed by atoms with Crippen molar-refractivity contribution >= 4 is 29.7 Å². The number of nitrogens with zero attached hydrogens (tertiary/aromatic N) is 3. The van der Waals surface area contributed by atoms with Crippen molar-refractivity contribution in [3.63, 3.8) is 0 Å². The molecule has 3 rings (SSSR count). The Morgan fingerprint density at radius 1 is 1.43 bits per heavy atom. The Labute approximate surface area is 136 Å². The summed E-state index contributed by atoms with van der Waals surface area (Å²) in [6.07, 6.45) is 1.94. The van der Waals surface area contributed by atoms with E-state index in [-0.39, 0.29) is 18.3 Å². The molecule has 2 aliphatic heterocycles. The van der Waals surface area contributed by atoms with E-state index in [0.717, 1.165) is 62.7 Å². The van der Waals surface area contributed by atoms with Crippen molar-refractivity contribution in [3.05, 3.63) is 16.1 Å². The third kappa shape index (κ3) is 3.56. The van der Waals surface area contributed by atoms with Crippen LogP contribution in [0, 0.1) is 0 Å². The van der Waals surface area contributed by atoms with Crippen LogP contribution in [-0.2, 0) is 6.42 Å². The molecule has 2 aliphatic rings. The molecule has 1 atom stereocenters. The molecule has 1 aromatic rings. The summed E-state index contributed by atoms with van der Waals surface area (Å²) in [5.41, 5.74) is 2.74. The standard InChI is InChI=1S/C14H22N4OS.ClH/c1-2-12-13(20-10-16-12)14(19)18-6-3-11(9-18)17-7-4-15-5-8-17;/h10-11,15H,2-9H2,1H3;1H. The lowest BCUT2D eigenvalue weighted by Crippen LogP contribution is -2.49. The lowest BCUT2D eigenvalue weighted by molar-refractivity contribution is 0.0777. The van der Waals surface area contributed by atoms with Crippen molar-refractivity contribution in [2.45, 2.75) is 25.8 Å². The van der Waals surface area contributed by atoms with Gasteiger partial charge in [0, 0.05) is 45.3 Å². The molecule has 0 bridgehead atoms. The smallest absolute Gasteiger partial charge is 0.265 e. The van der Waals surface area contributed by atoms with Crippen LogP contribution in [0.3, 0.4) is 0 Å². The van der Waals surface area contributed by atoms with E-state index in [1.54, 1.807) is 5.51 Å². The summed E-state index contributed by atoms with van der Waals surface area (Å²) < 4.78 is 0. The molecule has 7 heteroatoms. The van der Waals surface area contributed by atoms with Gasteiger partial charge in [0.1, 0.15) is 4.88 Å². The molecule has 1 aromatic heterocycles. The van der Waals surface area contributed by atoms with E-state index in [2.05, 4.69) is 22.1 Å². The van der Waals surface area contributed by atoms with E-state index in [4.69, 9.17) is 0 Å². The van der Waals surface area contributed by atoms with E-state index >= 15 is 0 Å². The van der Waals surface area contributed by atoms with Crippen LogP contribution < -0.4 is 5.32 Å². The Kier molecular flexibility index (Phi) is 5.98. The van der Waals surface area contributed by atoms with E-state index < -0.39 is 0 Å². The highest BCUT2D eigenvalue weighted by molar-refractivity contribution is 7.11. The lowest BCUT2D eigenvalue weighted by Gasteiger charge is -2.32. The van der Waals surface area contributed by atoms with Gasteiger partial charge in [-0.1, -0.05) is 6.92 Å². The van der Waals surface area contributed by atoms with Crippen molar-refractivity contribution in [3.8, 4) is 0 Å². The summed E-state index contributed by atoms with van der Waals surface area (Å²) >= 11 is 1.48. The first-order valence-corrected chi connectivity index (χ1v) is 8.34. The number of hydrogen-bond acceptors (Lipinski definition) is 5. The van der Waals surface area contributed by atoms with Gasteiger partial charge < -0.3 is 10.2 Å². The Hall–Kier alpha value is -0.690. The van der Waals surface area contributed by atoms with Gasteiger partial charge in [0.15, 0.2) is 0 Å². The fourth-order valence-electron chi connectivity index (χ4n) is 3.11. The number of halogens is 1. The molecule has 5 nitrogen and oxygen atoms in total. The highest BCUT2D eigenvalue weighted by Crippen LogP contribution is 2.22. The molecule has 0 aliphatic carbocycles. The van der Waals surface area contributed by atoms with Crippen LogP contribution in [-0.4, -0.2) is 66.0 Å². The minimum absolute atomic E-state index is 0. The molecule has 1 N–H and O–H groups in total. The first-order valence-electron chi connectivity index (χ1n) is 7.46. The van der Waals surface area contributed by atoms with Gasteiger partial charge in [0.2, 0.25) is 0 Å². The summed E-state index contributed by atoms with van der Waals surface area (Å²) in [6, 6.07) is 0.541. The number of rotatable bonds is 3. The van der Waals surface area contributed by atoms with Gasteiger partial charge in [-0.05, 0) is 12.8 Å². The number of thiazole rings is 1. The van der Waals surface area contributed by atoms with Crippen LogP contribution in [0.2, 0.25) is 0 Å². The third-order valence-corrected chi connectivity index (χ3v) is 5.15. The Morgan fingerprint density at radius 2 is 2.19 bits per heavy atom. The summed E-state index contributed by atoms with van der Waals surface area (Å²) in [6.45, 7) is 8.16. The van der Waals surface area contributed by atoms with Crippen LogP contribution in [0.25, 0.3) is 0 Å². The number of amides is 1. The van der Waals surface area contributed by atoms with Crippen molar-refractivity contribution in [1.82, 2.24) is 20.1 Å². The third-order valence-electron chi connectivity index (χ3n) is 4.29. The number of carbonyl (C=O) groups excluding carboxylic acids is 1. The zero-order valence-electron chi connectivity index (χ0n) is 12.4. The Balaban J connectivity index is 0.00000161. The molecule has 1 amide bonds. The average molecular weight is 331 g/mol. The second-order valence-electron chi connectivity index (χ2n) is 5.46. The van der Waals surface area contributed by atoms with Gasteiger partial charge in [-0.3, -0.25) is 9.69 Å². The molecule has 2 fully saturated rings. The minimum atomic E-state index is 0. The van der Waals surface area contributed by atoms with E-state index in [0.29, 0.717) is 6.04 Å². The van der Waals surface area contributed by atoms with E-state index in [1.807, 2.05) is 4.90 Å². The number of likely N-dealkylation sites (tertiary alicyclic amines) is 1. The van der Waals surface area contributed by atoms with Crippen LogP contribution in [0.5, 0.6) is 0 Å². The highest BCUT2D eigenvalue weighted by Gasteiger charge is 2.32. The summed E-state index contributed by atoms with van der Waals surface area (Å²) in [4.78, 5) is 22.2. The first kappa shape index (κ1) is 16.7. The van der Waals surface area contributed by atoms with Gasteiger partial charge >= 0.3 is 0 Å². The molecular formula is C14H23ClN4OS. The van der Waals surface area contributed by atoms with E-state index in [1.165, 1.54) is 11.3 Å². The van der Waals surface area contributed by atoms with E-state index in [9.17, 15) is 4.79 Å². The second kappa shape index (κ2) is 7.54. The van der Waals surface area contributed by atoms with Gasteiger partial charge in [-0.15, -0.1) is 23.7 Å². The van der Waals surface area contributed by atoms with Crippen molar-refractivity contribution in [2.75, 3.05) is 39.3 Å². The quantitative estimate of drug-likeness (QED) is 0.906. The Bertz CT molecular complexity index is 475. The van der Waals surface area contributed by atoms with Crippen LogP contribution >= 0.6 is 23.7 Å². The maximum absolute atomic E-state index is 12.6. The zero-order chi connectivity index (χ0) is 13.9.